The average molecular weight is 332 g/mol. The van der Waals surface area contributed by atoms with E-state index in [1.807, 2.05) is 12.1 Å². The Kier molecular flexibility index (Phi) is 4.41. The Morgan fingerprint density at radius 2 is 2.13 bits per heavy atom. The van der Waals surface area contributed by atoms with Crippen LogP contribution in [-0.4, -0.2) is 33.4 Å². The van der Waals surface area contributed by atoms with Crippen LogP contribution in [-0.2, 0) is 9.59 Å². The quantitative estimate of drug-likeness (QED) is 0.916. The van der Waals surface area contributed by atoms with Crippen LogP contribution in [0.2, 0.25) is 0 Å². The molecule has 0 spiro atoms. The van der Waals surface area contributed by atoms with E-state index in [2.05, 4.69) is 38.2 Å². The molecule has 3 atom stereocenters. The number of thioether (sulfide) groups is 1. The monoisotopic (exact) mass is 332 g/mol. The van der Waals surface area contributed by atoms with Gasteiger partial charge in [-0.1, -0.05) is 26.0 Å². The number of nitrogens with zero attached hydrogens (tertiary/aromatic N) is 1. The molecule has 0 saturated carbocycles. The Bertz CT molecular complexity index is 616. The molecular formula is C18H24N2O2S. The summed E-state index contributed by atoms with van der Waals surface area (Å²) in [5.74, 6) is 1.23. The van der Waals surface area contributed by atoms with Gasteiger partial charge in [0, 0.05) is 17.9 Å². The van der Waals surface area contributed by atoms with Crippen molar-refractivity contribution >= 4 is 29.3 Å². The molecule has 2 aliphatic rings. The highest BCUT2D eigenvalue weighted by atomic mass is 32.2. The number of benzene rings is 1. The molecule has 0 radical (unpaired) electrons. The van der Waals surface area contributed by atoms with E-state index in [4.69, 9.17) is 0 Å². The van der Waals surface area contributed by atoms with E-state index in [0.29, 0.717) is 18.1 Å². The number of fused-ring (bicyclic) bond motifs is 1. The summed E-state index contributed by atoms with van der Waals surface area (Å²) >= 11 is 1.72. The first kappa shape index (κ1) is 16.4. The molecule has 4 nitrogen and oxygen atoms in total. The number of hydrogen-bond donors (Lipinski definition) is 1. The first-order valence-corrected chi connectivity index (χ1v) is 9.30. The molecule has 0 aromatic heterocycles. The average Bonchev–Trinajstić information content (AvgIpc) is 3.04. The molecule has 5 heteroatoms. The molecule has 2 fully saturated rings. The van der Waals surface area contributed by atoms with E-state index in [0.717, 1.165) is 18.5 Å². The van der Waals surface area contributed by atoms with Gasteiger partial charge in [-0.2, -0.15) is 0 Å². The van der Waals surface area contributed by atoms with Crippen LogP contribution in [0.4, 0.5) is 5.69 Å². The first-order valence-electron chi connectivity index (χ1n) is 8.31. The van der Waals surface area contributed by atoms with Crippen LogP contribution in [0, 0.1) is 0 Å². The van der Waals surface area contributed by atoms with Gasteiger partial charge in [0.15, 0.2) is 0 Å². The molecular weight excluding hydrogens is 308 g/mol. The van der Waals surface area contributed by atoms with Gasteiger partial charge >= 0.3 is 0 Å². The van der Waals surface area contributed by atoms with Gasteiger partial charge in [0.25, 0.3) is 0 Å². The zero-order chi connectivity index (χ0) is 16.6. The van der Waals surface area contributed by atoms with Crippen molar-refractivity contribution in [3.05, 3.63) is 29.8 Å². The fourth-order valence-corrected chi connectivity index (χ4v) is 4.80. The summed E-state index contributed by atoms with van der Waals surface area (Å²) in [5, 5.41) is 2.97. The van der Waals surface area contributed by atoms with Crippen LogP contribution in [0.15, 0.2) is 24.3 Å². The number of hydrogen-bond acceptors (Lipinski definition) is 3. The Morgan fingerprint density at radius 1 is 1.43 bits per heavy atom. The van der Waals surface area contributed by atoms with Crippen LogP contribution < -0.4 is 5.32 Å². The van der Waals surface area contributed by atoms with Gasteiger partial charge in [-0.3, -0.25) is 9.59 Å². The summed E-state index contributed by atoms with van der Waals surface area (Å²) in [7, 11) is 0. The van der Waals surface area contributed by atoms with Crippen molar-refractivity contribution in [2.24, 2.45) is 0 Å². The Labute approximate surface area is 142 Å². The Hall–Kier alpha value is -1.49. The maximum atomic E-state index is 12.6. The molecule has 0 unspecified atom stereocenters. The summed E-state index contributed by atoms with van der Waals surface area (Å²) in [5.41, 5.74) is 2.08. The molecule has 2 heterocycles. The lowest BCUT2D eigenvalue weighted by atomic mass is 9.98. The largest absolute Gasteiger partial charge is 0.324 e. The molecule has 2 amide bonds. The Balaban J connectivity index is 1.69. The summed E-state index contributed by atoms with van der Waals surface area (Å²) in [6, 6.07) is 7.68. The predicted molar refractivity (Wildman–Crippen MR) is 94.5 cm³/mol. The van der Waals surface area contributed by atoms with E-state index >= 15 is 0 Å². The highest BCUT2D eigenvalue weighted by Gasteiger charge is 2.52. The van der Waals surface area contributed by atoms with E-state index in [1.54, 1.807) is 16.7 Å². The number of carbonyl (C=O) groups excluding carboxylic acids is 2. The summed E-state index contributed by atoms with van der Waals surface area (Å²) < 4.78 is 0. The van der Waals surface area contributed by atoms with Crippen molar-refractivity contribution in [3.63, 3.8) is 0 Å². The zero-order valence-electron chi connectivity index (χ0n) is 14.0. The molecule has 3 rings (SSSR count). The first-order chi connectivity index (χ1) is 10.9. The predicted octanol–water partition coefficient (Wildman–Crippen LogP) is 3.59. The minimum absolute atomic E-state index is 0.0761. The molecule has 0 aliphatic carbocycles. The number of rotatable bonds is 4. The third-order valence-corrected chi connectivity index (χ3v) is 6.61. The second-order valence-corrected chi connectivity index (χ2v) is 8.19. The van der Waals surface area contributed by atoms with Gasteiger partial charge in [0.2, 0.25) is 11.8 Å². The van der Waals surface area contributed by atoms with Gasteiger partial charge in [-0.05, 0) is 43.4 Å². The van der Waals surface area contributed by atoms with E-state index in [-0.39, 0.29) is 22.7 Å². The van der Waals surface area contributed by atoms with Crippen molar-refractivity contribution in [2.75, 3.05) is 11.1 Å². The molecule has 1 aromatic carbocycles. The van der Waals surface area contributed by atoms with Gasteiger partial charge in [-0.25, -0.2) is 0 Å². The lowest BCUT2D eigenvalue weighted by Gasteiger charge is -2.29. The van der Waals surface area contributed by atoms with Crippen LogP contribution >= 0.6 is 11.8 Å². The molecule has 0 bridgehead atoms. The smallest absolute Gasteiger partial charge is 0.248 e. The van der Waals surface area contributed by atoms with Gasteiger partial charge < -0.3 is 10.2 Å². The van der Waals surface area contributed by atoms with Crippen LogP contribution in [0.25, 0.3) is 0 Å². The van der Waals surface area contributed by atoms with Gasteiger partial charge in [0.1, 0.15) is 6.04 Å². The maximum absolute atomic E-state index is 12.6. The fourth-order valence-electron chi connectivity index (χ4n) is 3.37. The highest BCUT2D eigenvalue weighted by Crippen LogP contribution is 2.47. The maximum Gasteiger partial charge on any atom is 0.248 e. The van der Waals surface area contributed by atoms with Crippen molar-refractivity contribution in [2.45, 2.75) is 56.9 Å². The van der Waals surface area contributed by atoms with Crippen molar-refractivity contribution < 1.29 is 9.59 Å². The Morgan fingerprint density at radius 3 is 2.78 bits per heavy atom. The second-order valence-electron chi connectivity index (χ2n) is 6.69. The normalized spacial score (nSPS) is 27.9. The molecule has 2 aliphatic heterocycles. The minimum atomic E-state index is -0.353. The summed E-state index contributed by atoms with van der Waals surface area (Å²) in [6.45, 7) is 6.43. The second kappa shape index (κ2) is 6.19. The summed E-state index contributed by atoms with van der Waals surface area (Å²) in [4.78, 5) is 26.3. The van der Waals surface area contributed by atoms with E-state index in [1.165, 1.54) is 5.56 Å². The number of nitrogens with one attached hydrogen (secondary N) is 1. The van der Waals surface area contributed by atoms with Crippen LogP contribution in [0.1, 0.15) is 51.5 Å². The van der Waals surface area contributed by atoms with Gasteiger partial charge in [0.05, 0.1) is 4.87 Å². The zero-order valence-corrected chi connectivity index (χ0v) is 14.8. The molecule has 2 saturated heterocycles. The van der Waals surface area contributed by atoms with Crippen LogP contribution in [0.3, 0.4) is 0 Å². The molecule has 1 aromatic rings. The number of anilines is 1. The van der Waals surface area contributed by atoms with Crippen molar-refractivity contribution in [1.29, 1.82) is 0 Å². The SMILES string of the molecule is CC[C@H](C)c1ccc(NC(=O)[C@@H]2CS[C@]3(C)CCC(=O)N23)cc1. The number of amides is 2. The molecule has 1 N–H and O–H groups in total. The molecule has 23 heavy (non-hydrogen) atoms. The third kappa shape index (κ3) is 2.99. The van der Waals surface area contributed by atoms with Crippen molar-refractivity contribution in [3.8, 4) is 0 Å². The number of carbonyl (C=O) groups is 2. The lowest BCUT2D eigenvalue weighted by molar-refractivity contribution is -0.135. The van der Waals surface area contributed by atoms with Gasteiger partial charge in [-0.15, -0.1) is 11.8 Å². The summed E-state index contributed by atoms with van der Waals surface area (Å²) in [6.07, 6.45) is 2.49. The standard InChI is InChI=1S/C18H24N2O2S/c1-4-12(2)13-5-7-14(8-6-13)19-17(22)15-11-23-18(3)10-9-16(21)20(15)18/h5-8,12,15H,4,9-11H2,1-3H3,(H,19,22)/t12-,15-,18+/m0/s1. The van der Waals surface area contributed by atoms with Crippen molar-refractivity contribution in [1.82, 2.24) is 4.90 Å². The minimum Gasteiger partial charge on any atom is -0.324 e. The highest BCUT2D eigenvalue weighted by molar-refractivity contribution is 8.01. The molecule has 124 valence electrons. The van der Waals surface area contributed by atoms with Crippen LogP contribution in [0.5, 0.6) is 0 Å². The lowest BCUT2D eigenvalue weighted by Crippen LogP contribution is -2.48. The fraction of sp³-hybridized carbons (Fsp3) is 0.556. The third-order valence-electron chi connectivity index (χ3n) is 5.11. The topological polar surface area (TPSA) is 49.4 Å². The van der Waals surface area contributed by atoms with E-state index in [9.17, 15) is 9.59 Å². The van der Waals surface area contributed by atoms with E-state index < -0.39 is 0 Å².